The van der Waals surface area contributed by atoms with Crippen LogP contribution in [0.4, 0.5) is 0 Å². The minimum absolute atomic E-state index is 0.0359. The van der Waals surface area contributed by atoms with Gasteiger partial charge in [-0.15, -0.1) is 0 Å². The average Bonchev–Trinajstić information content (AvgIpc) is 2.43. The monoisotopic (exact) mass is 289 g/mol. The fourth-order valence-corrected chi connectivity index (χ4v) is 2.04. The molecule has 0 saturated carbocycles. The summed E-state index contributed by atoms with van der Waals surface area (Å²) in [6.07, 6.45) is 0. The van der Waals surface area contributed by atoms with Gasteiger partial charge in [-0.25, -0.2) is 4.79 Å². The molecule has 1 aromatic carbocycles. The molecular formula is C16H19NO4. The second-order valence-electron chi connectivity index (χ2n) is 5.41. The van der Waals surface area contributed by atoms with Gasteiger partial charge in [-0.3, -0.25) is 4.79 Å². The Morgan fingerprint density at radius 2 is 2.00 bits per heavy atom. The summed E-state index contributed by atoms with van der Waals surface area (Å²) in [6, 6.07) is 8.21. The number of rotatable bonds is 5. The van der Waals surface area contributed by atoms with E-state index in [1.165, 1.54) is 6.07 Å². The number of benzene rings is 1. The van der Waals surface area contributed by atoms with Gasteiger partial charge >= 0.3 is 5.63 Å². The Morgan fingerprint density at radius 1 is 1.29 bits per heavy atom. The highest BCUT2D eigenvalue weighted by atomic mass is 16.5. The number of nitrogens with zero attached hydrogens (tertiary/aromatic N) is 1. The largest absolute Gasteiger partial charge is 0.484 e. The van der Waals surface area contributed by atoms with Crippen molar-refractivity contribution in [2.24, 2.45) is 5.92 Å². The molecule has 0 N–H and O–H groups in total. The van der Waals surface area contributed by atoms with Crippen LogP contribution in [-0.4, -0.2) is 31.0 Å². The van der Waals surface area contributed by atoms with Crippen LogP contribution in [0.15, 0.2) is 39.5 Å². The van der Waals surface area contributed by atoms with E-state index >= 15 is 0 Å². The first-order valence-electron chi connectivity index (χ1n) is 6.86. The topological polar surface area (TPSA) is 59.8 Å². The van der Waals surface area contributed by atoms with Gasteiger partial charge in [0.25, 0.3) is 5.91 Å². The van der Waals surface area contributed by atoms with E-state index in [4.69, 9.17) is 9.15 Å². The highest BCUT2D eigenvalue weighted by Gasteiger charge is 2.11. The molecule has 0 spiro atoms. The van der Waals surface area contributed by atoms with Crippen molar-refractivity contribution in [2.45, 2.75) is 13.8 Å². The van der Waals surface area contributed by atoms with E-state index in [0.29, 0.717) is 23.8 Å². The number of hydrogen-bond donors (Lipinski definition) is 0. The molecule has 0 radical (unpaired) electrons. The third kappa shape index (κ3) is 4.08. The highest BCUT2D eigenvalue weighted by molar-refractivity contribution is 5.79. The van der Waals surface area contributed by atoms with Gasteiger partial charge in [0, 0.05) is 31.1 Å². The molecule has 0 bridgehead atoms. The lowest BCUT2D eigenvalue weighted by atomic mass is 10.2. The van der Waals surface area contributed by atoms with Gasteiger partial charge in [0.05, 0.1) is 0 Å². The van der Waals surface area contributed by atoms with Crippen molar-refractivity contribution in [3.63, 3.8) is 0 Å². The molecule has 0 fully saturated rings. The van der Waals surface area contributed by atoms with Gasteiger partial charge in [-0.1, -0.05) is 13.8 Å². The fraction of sp³-hybridized carbons (Fsp3) is 0.375. The van der Waals surface area contributed by atoms with Gasteiger partial charge in [-0.05, 0) is 24.1 Å². The van der Waals surface area contributed by atoms with E-state index in [9.17, 15) is 9.59 Å². The van der Waals surface area contributed by atoms with Crippen LogP contribution in [0, 0.1) is 5.92 Å². The molecular weight excluding hydrogens is 270 g/mol. The highest BCUT2D eigenvalue weighted by Crippen LogP contribution is 2.19. The van der Waals surface area contributed by atoms with Crippen LogP contribution < -0.4 is 10.4 Å². The molecule has 1 amide bonds. The maximum atomic E-state index is 11.9. The molecule has 5 nitrogen and oxygen atoms in total. The summed E-state index contributed by atoms with van der Waals surface area (Å²) in [5.74, 6) is 0.829. The van der Waals surface area contributed by atoms with Crippen LogP contribution in [0.5, 0.6) is 5.75 Å². The number of carbonyl (C=O) groups is 1. The van der Waals surface area contributed by atoms with E-state index in [-0.39, 0.29) is 12.5 Å². The van der Waals surface area contributed by atoms with Crippen molar-refractivity contribution in [1.29, 1.82) is 0 Å². The summed E-state index contributed by atoms with van der Waals surface area (Å²) in [5.41, 5.74) is 0.0374. The number of hydrogen-bond acceptors (Lipinski definition) is 4. The second-order valence-corrected chi connectivity index (χ2v) is 5.41. The molecule has 0 aliphatic carbocycles. The smallest absolute Gasteiger partial charge is 0.336 e. The lowest BCUT2D eigenvalue weighted by molar-refractivity contribution is -0.132. The molecule has 0 unspecified atom stereocenters. The van der Waals surface area contributed by atoms with Crippen LogP contribution in [0.1, 0.15) is 13.8 Å². The Balaban J connectivity index is 2.03. The fourth-order valence-electron chi connectivity index (χ4n) is 2.04. The van der Waals surface area contributed by atoms with Crippen molar-refractivity contribution in [3.05, 3.63) is 40.8 Å². The number of carbonyl (C=O) groups excluding carboxylic acids is 1. The summed E-state index contributed by atoms with van der Waals surface area (Å²) in [6.45, 7) is 4.76. The second kappa shape index (κ2) is 6.43. The van der Waals surface area contributed by atoms with Gasteiger partial charge in [-0.2, -0.15) is 0 Å². The minimum Gasteiger partial charge on any atom is -0.484 e. The molecule has 5 heteroatoms. The third-order valence-corrected chi connectivity index (χ3v) is 3.02. The van der Waals surface area contributed by atoms with E-state index in [0.717, 1.165) is 5.39 Å². The number of amides is 1. The zero-order chi connectivity index (χ0) is 15.4. The molecule has 1 heterocycles. The lowest BCUT2D eigenvalue weighted by Crippen LogP contribution is -2.34. The first-order chi connectivity index (χ1) is 9.95. The van der Waals surface area contributed by atoms with Gasteiger partial charge in [0.15, 0.2) is 6.61 Å². The Bertz CT molecular complexity index is 690. The van der Waals surface area contributed by atoms with Crippen LogP contribution in [-0.2, 0) is 4.79 Å². The van der Waals surface area contributed by atoms with Crippen LogP contribution in [0.25, 0.3) is 11.0 Å². The van der Waals surface area contributed by atoms with Crippen molar-refractivity contribution < 1.29 is 13.9 Å². The normalized spacial score (nSPS) is 10.9. The Labute approximate surface area is 123 Å². The summed E-state index contributed by atoms with van der Waals surface area (Å²) in [5, 5.41) is 0.810. The first-order valence-corrected chi connectivity index (χ1v) is 6.86. The summed E-state index contributed by atoms with van der Waals surface area (Å²) >= 11 is 0. The summed E-state index contributed by atoms with van der Waals surface area (Å²) in [4.78, 5) is 24.7. The molecule has 1 aromatic heterocycles. The van der Waals surface area contributed by atoms with Gasteiger partial charge < -0.3 is 14.1 Å². The van der Waals surface area contributed by atoms with E-state index in [2.05, 4.69) is 13.8 Å². The molecule has 0 aliphatic heterocycles. The molecule has 112 valence electrons. The Hall–Kier alpha value is -2.30. The Kier molecular flexibility index (Phi) is 4.62. The molecule has 2 aromatic rings. The maximum absolute atomic E-state index is 11.9. The summed E-state index contributed by atoms with van der Waals surface area (Å²) < 4.78 is 10.5. The zero-order valence-corrected chi connectivity index (χ0v) is 12.5. The number of ether oxygens (including phenoxy) is 1. The van der Waals surface area contributed by atoms with Crippen LogP contribution >= 0.6 is 0 Å². The van der Waals surface area contributed by atoms with E-state index in [1.807, 2.05) is 0 Å². The Morgan fingerprint density at radius 3 is 2.71 bits per heavy atom. The van der Waals surface area contributed by atoms with Crippen molar-refractivity contribution >= 4 is 16.9 Å². The van der Waals surface area contributed by atoms with Crippen molar-refractivity contribution in [2.75, 3.05) is 20.2 Å². The van der Waals surface area contributed by atoms with Gasteiger partial charge in [0.1, 0.15) is 11.3 Å². The zero-order valence-electron chi connectivity index (χ0n) is 12.5. The molecule has 21 heavy (non-hydrogen) atoms. The molecule has 0 saturated heterocycles. The quantitative estimate of drug-likeness (QED) is 0.792. The van der Waals surface area contributed by atoms with Crippen molar-refractivity contribution in [3.8, 4) is 5.75 Å². The first kappa shape index (κ1) is 15.1. The van der Waals surface area contributed by atoms with E-state index < -0.39 is 5.63 Å². The van der Waals surface area contributed by atoms with E-state index in [1.54, 1.807) is 36.2 Å². The predicted molar refractivity (Wildman–Crippen MR) is 80.5 cm³/mol. The molecule has 2 rings (SSSR count). The van der Waals surface area contributed by atoms with Gasteiger partial charge in [0.2, 0.25) is 0 Å². The maximum Gasteiger partial charge on any atom is 0.336 e. The minimum atomic E-state index is -0.410. The average molecular weight is 289 g/mol. The number of likely N-dealkylation sites (N-methyl/N-ethyl adjacent to an activating group) is 1. The third-order valence-electron chi connectivity index (χ3n) is 3.02. The van der Waals surface area contributed by atoms with Crippen LogP contribution in [0.3, 0.4) is 0 Å². The SMILES string of the molecule is CC(C)CN(C)C(=O)COc1ccc2ccc(=O)oc2c1. The van der Waals surface area contributed by atoms with Crippen molar-refractivity contribution in [1.82, 2.24) is 4.90 Å². The van der Waals surface area contributed by atoms with Crippen LogP contribution in [0.2, 0.25) is 0 Å². The molecule has 0 atom stereocenters. The number of fused-ring (bicyclic) bond motifs is 1. The predicted octanol–water partition coefficient (Wildman–Crippen LogP) is 2.29. The molecule has 0 aliphatic rings. The standard InChI is InChI=1S/C16H19NO4/c1-11(2)9-17(3)15(18)10-20-13-6-4-12-5-7-16(19)21-14(12)8-13/h4-8,11H,9-10H2,1-3H3. The summed E-state index contributed by atoms with van der Waals surface area (Å²) in [7, 11) is 1.76. The lowest BCUT2D eigenvalue weighted by Gasteiger charge is -2.19.